The van der Waals surface area contributed by atoms with Crippen LogP contribution in [0.15, 0.2) is 34.0 Å². The predicted molar refractivity (Wildman–Crippen MR) is 74.0 cm³/mol. The first-order chi connectivity index (χ1) is 9.33. The van der Waals surface area contributed by atoms with Crippen LogP contribution in [-0.4, -0.2) is 17.8 Å². The molecule has 0 amide bonds. The van der Waals surface area contributed by atoms with Crippen molar-refractivity contribution < 1.29 is 4.74 Å². The molecule has 4 saturated carbocycles. The van der Waals surface area contributed by atoms with E-state index in [-0.39, 0.29) is 5.66 Å². The van der Waals surface area contributed by atoms with Crippen molar-refractivity contribution in [3.05, 3.63) is 24.0 Å². The minimum atomic E-state index is -0.175. The van der Waals surface area contributed by atoms with Gasteiger partial charge in [-0.15, -0.1) is 0 Å². The Bertz CT molecular complexity index is 527. The summed E-state index contributed by atoms with van der Waals surface area (Å²) in [5.74, 6) is 4.01. The van der Waals surface area contributed by atoms with Gasteiger partial charge in [-0.25, -0.2) is 4.99 Å². The van der Waals surface area contributed by atoms with Gasteiger partial charge in [-0.2, -0.15) is 0 Å². The van der Waals surface area contributed by atoms with E-state index in [0.29, 0.717) is 11.8 Å². The second-order valence-electron chi connectivity index (χ2n) is 6.83. The van der Waals surface area contributed by atoms with E-state index in [0.717, 1.165) is 23.3 Å². The lowest BCUT2D eigenvalue weighted by Crippen LogP contribution is -2.56. The number of nitrogens with zero attached hydrogens (tertiary/aromatic N) is 2. The minimum Gasteiger partial charge on any atom is -0.446 e. The van der Waals surface area contributed by atoms with E-state index in [9.17, 15) is 0 Å². The van der Waals surface area contributed by atoms with Crippen LogP contribution >= 0.6 is 0 Å². The van der Waals surface area contributed by atoms with E-state index >= 15 is 0 Å². The van der Waals surface area contributed by atoms with Crippen LogP contribution in [0.2, 0.25) is 0 Å². The molecule has 2 heterocycles. The van der Waals surface area contributed by atoms with E-state index in [1.54, 1.807) is 6.26 Å². The van der Waals surface area contributed by atoms with E-state index in [1.165, 1.54) is 32.1 Å². The SMILES string of the molecule is C1=COC2=NC3(N=CC2=C1)C1CC2CC(C1)CC3C2. The van der Waals surface area contributed by atoms with Gasteiger partial charge in [-0.1, -0.05) is 0 Å². The van der Waals surface area contributed by atoms with Crippen molar-refractivity contribution in [1.29, 1.82) is 0 Å². The monoisotopic (exact) mass is 254 g/mol. The summed E-state index contributed by atoms with van der Waals surface area (Å²) in [4.78, 5) is 9.96. The molecule has 2 aliphatic heterocycles. The molecule has 1 spiro atoms. The highest BCUT2D eigenvalue weighted by Crippen LogP contribution is 2.60. The topological polar surface area (TPSA) is 34.0 Å². The molecule has 4 bridgehead atoms. The molecule has 3 nitrogen and oxygen atoms in total. The maximum Gasteiger partial charge on any atom is 0.225 e. The molecule has 0 N–H and O–H groups in total. The summed E-state index contributed by atoms with van der Waals surface area (Å²) < 4.78 is 5.62. The van der Waals surface area contributed by atoms with Gasteiger partial charge < -0.3 is 4.74 Å². The highest BCUT2D eigenvalue weighted by molar-refractivity contribution is 6.14. The van der Waals surface area contributed by atoms with E-state index < -0.39 is 0 Å². The van der Waals surface area contributed by atoms with Crippen LogP contribution in [0.25, 0.3) is 0 Å². The van der Waals surface area contributed by atoms with Crippen molar-refractivity contribution >= 4 is 12.1 Å². The lowest BCUT2D eigenvalue weighted by atomic mass is 9.51. The molecule has 0 saturated heterocycles. The van der Waals surface area contributed by atoms with Crippen molar-refractivity contribution in [3.63, 3.8) is 0 Å². The molecule has 0 unspecified atom stereocenters. The average Bonchev–Trinajstić information content (AvgIpc) is 2.44. The highest BCUT2D eigenvalue weighted by Gasteiger charge is 2.58. The Morgan fingerprint density at radius 2 is 1.79 bits per heavy atom. The third-order valence-corrected chi connectivity index (χ3v) is 5.81. The molecule has 6 aliphatic rings. The Balaban J connectivity index is 1.60. The van der Waals surface area contributed by atoms with E-state index in [2.05, 4.69) is 0 Å². The first kappa shape index (κ1) is 10.4. The summed E-state index contributed by atoms with van der Waals surface area (Å²) in [6.07, 6.45) is 14.5. The molecule has 6 rings (SSSR count). The van der Waals surface area contributed by atoms with Gasteiger partial charge in [-0.05, 0) is 56.1 Å². The molecule has 0 radical (unpaired) electrons. The maximum absolute atomic E-state index is 5.62. The molecule has 4 fully saturated rings. The quantitative estimate of drug-likeness (QED) is 0.654. The summed E-state index contributed by atoms with van der Waals surface area (Å²) in [5.41, 5.74) is 0.854. The predicted octanol–water partition coefficient (Wildman–Crippen LogP) is 3.09. The van der Waals surface area contributed by atoms with Crippen LogP contribution in [0.5, 0.6) is 0 Å². The largest absolute Gasteiger partial charge is 0.446 e. The van der Waals surface area contributed by atoms with Crippen molar-refractivity contribution in [2.24, 2.45) is 33.7 Å². The van der Waals surface area contributed by atoms with Gasteiger partial charge in [-0.3, -0.25) is 4.99 Å². The van der Waals surface area contributed by atoms with E-state index in [1.807, 2.05) is 18.4 Å². The maximum atomic E-state index is 5.62. The van der Waals surface area contributed by atoms with Gasteiger partial charge in [0.2, 0.25) is 5.90 Å². The van der Waals surface area contributed by atoms with Crippen molar-refractivity contribution in [2.75, 3.05) is 0 Å². The standard InChI is InChI=1S/C16H18N2O/c1-2-12-9-17-16(18-15(12)19-3-1)13-5-10-4-11(7-13)8-14(16)6-10/h1-3,9-11,13-14H,4-8H2. The van der Waals surface area contributed by atoms with Gasteiger partial charge in [0.05, 0.1) is 11.8 Å². The fraction of sp³-hybridized carbons (Fsp3) is 0.625. The van der Waals surface area contributed by atoms with Gasteiger partial charge in [0.15, 0.2) is 5.66 Å². The molecular formula is C16H18N2O. The third-order valence-electron chi connectivity index (χ3n) is 5.81. The van der Waals surface area contributed by atoms with Crippen molar-refractivity contribution in [2.45, 2.75) is 37.8 Å². The second kappa shape index (κ2) is 3.38. The van der Waals surface area contributed by atoms with Crippen LogP contribution in [0.4, 0.5) is 0 Å². The normalized spacial score (nSPS) is 48.8. The highest BCUT2D eigenvalue weighted by atomic mass is 16.5. The molecule has 98 valence electrons. The van der Waals surface area contributed by atoms with Gasteiger partial charge in [0.1, 0.15) is 0 Å². The fourth-order valence-corrected chi connectivity index (χ4v) is 5.21. The number of hydrogen-bond acceptors (Lipinski definition) is 3. The first-order valence-corrected chi connectivity index (χ1v) is 7.52. The Morgan fingerprint density at radius 3 is 2.53 bits per heavy atom. The first-order valence-electron chi connectivity index (χ1n) is 7.52. The number of allylic oxidation sites excluding steroid dienone is 2. The summed E-state index contributed by atoms with van der Waals surface area (Å²) in [5, 5.41) is 0. The number of aliphatic imine (C=N–C) groups is 2. The Morgan fingerprint density at radius 1 is 1.05 bits per heavy atom. The number of fused-ring (bicyclic) bond motifs is 1. The molecule has 0 aromatic rings. The second-order valence-corrected chi connectivity index (χ2v) is 6.83. The lowest BCUT2D eigenvalue weighted by Gasteiger charge is -2.58. The zero-order chi connectivity index (χ0) is 12.4. The third kappa shape index (κ3) is 1.28. The molecule has 0 atom stereocenters. The molecule has 3 heteroatoms. The summed E-state index contributed by atoms with van der Waals surface area (Å²) >= 11 is 0. The summed E-state index contributed by atoms with van der Waals surface area (Å²) in [6, 6.07) is 0. The zero-order valence-corrected chi connectivity index (χ0v) is 11.0. The summed E-state index contributed by atoms with van der Waals surface area (Å²) in [6.45, 7) is 0. The van der Waals surface area contributed by atoms with Crippen LogP contribution in [0.1, 0.15) is 32.1 Å². The van der Waals surface area contributed by atoms with Crippen LogP contribution in [0, 0.1) is 23.7 Å². The number of hydrogen-bond donors (Lipinski definition) is 0. The lowest BCUT2D eigenvalue weighted by molar-refractivity contribution is -0.0504. The molecule has 0 aromatic carbocycles. The number of ether oxygens (including phenoxy) is 1. The Hall–Kier alpha value is -1.38. The Labute approximate surface area is 113 Å². The van der Waals surface area contributed by atoms with Gasteiger partial charge in [0, 0.05) is 18.1 Å². The van der Waals surface area contributed by atoms with Gasteiger partial charge in [0.25, 0.3) is 0 Å². The molecule has 4 aliphatic carbocycles. The van der Waals surface area contributed by atoms with E-state index in [4.69, 9.17) is 14.7 Å². The van der Waals surface area contributed by atoms with Crippen LogP contribution in [-0.2, 0) is 4.74 Å². The van der Waals surface area contributed by atoms with Crippen molar-refractivity contribution in [1.82, 2.24) is 0 Å². The van der Waals surface area contributed by atoms with Crippen LogP contribution in [0.3, 0.4) is 0 Å². The Kier molecular flexibility index (Phi) is 1.85. The van der Waals surface area contributed by atoms with Gasteiger partial charge >= 0.3 is 0 Å². The zero-order valence-electron chi connectivity index (χ0n) is 11.0. The van der Waals surface area contributed by atoms with Crippen LogP contribution < -0.4 is 0 Å². The summed E-state index contributed by atoms with van der Waals surface area (Å²) in [7, 11) is 0. The smallest absolute Gasteiger partial charge is 0.225 e. The fourth-order valence-electron chi connectivity index (χ4n) is 5.21. The number of rotatable bonds is 0. The molecule has 0 aromatic heterocycles. The minimum absolute atomic E-state index is 0.175. The molecule has 19 heavy (non-hydrogen) atoms. The average molecular weight is 254 g/mol. The molecular weight excluding hydrogens is 236 g/mol. The van der Waals surface area contributed by atoms with Crippen molar-refractivity contribution in [3.8, 4) is 0 Å².